The van der Waals surface area contributed by atoms with Crippen molar-refractivity contribution in [1.82, 2.24) is 10.2 Å². The fourth-order valence-electron chi connectivity index (χ4n) is 1.66. The molecule has 1 aliphatic heterocycles. The molecule has 0 bridgehead atoms. The van der Waals surface area contributed by atoms with Crippen molar-refractivity contribution >= 4 is 40.4 Å². The van der Waals surface area contributed by atoms with E-state index in [0.29, 0.717) is 0 Å². The average Bonchev–Trinajstić information content (AvgIpc) is 2.65. The van der Waals surface area contributed by atoms with Crippen LogP contribution in [-0.2, 0) is 0 Å². The molecule has 0 aromatic carbocycles. The lowest BCUT2D eigenvalue weighted by Crippen LogP contribution is -2.36. The molecule has 1 aliphatic rings. The van der Waals surface area contributed by atoms with Gasteiger partial charge in [0, 0.05) is 18.3 Å². The number of anilines is 1. The normalized spacial score (nSPS) is 22.6. The van der Waals surface area contributed by atoms with Crippen LogP contribution in [0.15, 0.2) is 0 Å². The molecule has 1 aromatic heterocycles. The van der Waals surface area contributed by atoms with Gasteiger partial charge in [-0.3, -0.25) is 5.10 Å². The quantitative estimate of drug-likeness (QED) is 0.814. The predicted molar refractivity (Wildman–Crippen MR) is 66.0 cm³/mol. The summed E-state index contributed by atoms with van der Waals surface area (Å²) in [6, 6.07) is 0. The number of piperidine rings is 1. The molecule has 1 atom stereocenters. The monoisotopic (exact) mass is 247 g/mol. The third kappa shape index (κ3) is 2.29. The fraction of sp³-hybridized carbons (Fsp3) is 0.750. The lowest BCUT2D eigenvalue weighted by molar-refractivity contribution is 0.588. The number of hydrogen-bond donors (Lipinski definition) is 1. The first kappa shape index (κ1) is 10.4. The molecule has 78 valence electrons. The Morgan fingerprint density at radius 1 is 1.71 bits per heavy atom. The number of H-pyrrole nitrogens is 1. The van der Waals surface area contributed by atoms with Gasteiger partial charge < -0.3 is 4.90 Å². The number of aromatic nitrogens is 2. The van der Waals surface area contributed by atoms with Crippen LogP contribution in [0.4, 0.5) is 5.13 Å². The maximum atomic E-state index is 5.03. The molecule has 1 aromatic rings. The highest BCUT2D eigenvalue weighted by molar-refractivity contribution is 7.99. The first-order valence-corrected chi connectivity index (χ1v) is 7.14. The molecule has 14 heavy (non-hydrogen) atoms. The number of aromatic amines is 1. The zero-order valence-electron chi connectivity index (χ0n) is 8.02. The number of thioether (sulfide) groups is 1. The van der Waals surface area contributed by atoms with Crippen LogP contribution >= 0.6 is 35.3 Å². The average molecular weight is 247 g/mol. The van der Waals surface area contributed by atoms with E-state index in [1.54, 1.807) is 11.3 Å². The Morgan fingerprint density at radius 2 is 2.57 bits per heavy atom. The van der Waals surface area contributed by atoms with Crippen LogP contribution in [0, 0.1) is 3.95 Å². The van der Waals surface area contributed by atoms with Gasteiger partial charge in [0.1, 0.15) is 0 Å². The molecule has 1 saturated heterocycles. The largest absolute Gasteiger partial charge is 0.346 e. The van der Waals surface area contributed by atoms with Crippen molar-refractivity contribution in [3.05, 3.63) is 3.95 Å². The summed E-state index contributed by atoms with van der Waals surface area (Å²) >= 11 is 8.55. The van der Waals surface area contributed by atoms with Gasteiger partial charge in [-0.1, -0.05) is 11.3 Å². The summed E-state index contributed by atoms with van der Waals surface area (Å²) in [5.41, 5.74) is 0. The predicted octanol–water partition coefficient (Wildman–Crippen LogP) is 2.53. The van der Waals surface area contributed by atoms with Gasteiger partial charge >= 0.3 is 0 Å². The fourth-order valence-corrected chi connectivity index (χ4v) is 3.31. The molecule has 3 nitrogen and oxygen atoms in total. The van der Waals surface area contributed by atoms with Gasteiger partial charge in [-0.25, -0.2) is 0 Å². The maximum absolute atomic E-state index is 5.03. The molecular formula is C8H13N3S3. The van der Waals surface area contributed by atoms with E-state index in [2.05, 4.69) is 21.4 Å². The third-order valence-electron chi connectivity index (χ3n) is 2.41. The summed E-state index contributed by atoms with van der Waals surface area (Å²) < 4.78 is 0.770. The smallest absolute Gasteiger partial charge is 0.206 e. The van der Waals surface area contributed by atoms with E-state index in [4.69, 9.17) is 12.2 Å². The zero-order chi connectivity index (χ0) is 9.97. The highest BCUT2D eigenvalue weighted by atomic mass is 32.2. The SMILES string of the molecule is CSC1CCCN(c2n[nH]c(=S)s2)C1. The number of hydrogen-bond acceptors (Lipinski definition) is 5. The molecular weight excluding hydrogens is 234 g/mol. The molecule has 2 heterocycles. The molecule has 1 N–H and O–H groups in total. The summed E-state index contributed by atoms with van der Waals surface area (Å²) in [5, 5.41) is 8.85. The lowest BCUT2D eigenvalue weighted by atomic mass is 10.1. The summed E-state index contributed by atoms with van der Waals surface area (Å²) in [6.07, 6.45) is 4.77. The van der Waals surface area contributed by atoms with E-state index in [1.807, 2.05) is 11.8 Å². The molecule has 6 heteroatoms. The minimum Gasteiger partial charge on any atom is -0.346 e. The van der Waals surface area contributed by atoms with Gasteiger partial charge in [-0.2, -0.15) is 11.8 Å². The summed E-state index contributed by atoms with van der Waals surface area (Å²) in [6.45, 7) is 2.23. The Bertz CT molecular complexity index is 346. The molecule has 0 radical (unpaired) electrons. The van der Waals surface area contributed by atoms with Gasteiger partial charge in [0.05, 0.1) is 0 Å². The zero-order valence-corrected chi connectivity index (χ0v) is 10.5. The lowest BCUT2D eigenvalue weighted by Gasteiger charge is -2.31. The Labute approximate surface area is 96.9 Å². The van der Waals surface area contributed by atoms with Crippen molar-refractivity contribution < 1.29 is 0 Å². The Hall–Kier alpha value is -0.0700. The van der Waals surface area contributed by atoms with Crippen LogP contribution in [0.25, 0.3) is 0 Å². The summed E-state index contributed by atoms with van der Waals surface area (Å²) in [7, 11) is 0. The molecule has 2 rings (SSSR count). The number of rotatable bonds is 2. The Balaban J connectivity index is 2.07. The highest BCUT2D eigenvalue weighted by Gasteiger charge is 2.20. The maximum Gasteiger partial charge on any atom is 0.206 e. The van der Waals surface area contributed by atoms with Crippen molar-refractivity contribution in [1.29, 1.82) is 0 Å². The van der Waals surface area contributed by atoms with Crippen molar-refractivity contribution in [3.63, 3.8) is 0 Å². The van der Waals surface area contributed by atoms with Gasteiger partial charge in [-0.15, -0.1) is 5.10 Å². The van der Waals surface area contributed by atoms with E-state index in [0.717, 1.165) is 27.4 Å². The number of nitrogens with one attached hydrogen (secondary N) is 1. The van der Waals surface area contributed by atoms with E-state index in [1.165, 1.54) is 12.8 Å². The van der Waals surface area contributed by atoms with Crippen molar-refractivity contribution in [2.75, 3.05) is 24.2 Å². The van der Waals surface area contributed by atoms with Crippen LogP contribution in [-0.4, -0.2) is 34.8 Å². The van der Waals surface area contributed by atoms with Crippen molar-refractivity contribution in [3.8, 4) is 0 Å². The second kappa shape index (κ2) is 4.63. The minimum absolute atomic E-state index is 0.751. The van der Waals surface area contributed by atoms with Crippen LogP contribution in [0.3, 0.4) is 0 Å². The van der Waals surface area contributed by atoms with Crippen LogP contribution in [0.1, 0.15) is 12.8 Å². The van der Waals surface area contributed by atoms with Gasteiger partial charge in [0.15, 0.2) is 3.95 Å². The standard InChI is InChI=1S/C8H13N3S3/c1-13-6-3-2-4-11(5-6)7-9-10-8(12)14-7/h6H,2-5H2,1H3,(H,10,12). The molecule has 1 fully saturated rings. The molecule has 0 aliphatic carbocycles. The van der Waals surface area contributed by atoms with Crippen molar-refractivity contribution in [2.24, 2.45) is 0 Å². The highest BCUT2D eigenvalue weighted by Crippen LogP contribution is 2.26. The van der Waals surface area contributed by atoms with Crippen LogP contribution in [0.2, 0.25) is 0 Å². The van der Waals surface area contributed by atoms with E-state index in [9.17, 15) is 0 Å². The van der Waals surface area contributed by atoms with Gasteiger partial charge in [-0.05, 0) is 31.3 Å². The third-order valence-corrected chi connectivity index (χ3v) is 4.61. The Kier molecular flexibility index (Phi) is 3.46. The first-order valence-electron chi connectivity index (χ1n) is 4.63. The summed E-state index contributed by atoms with van der Waals surface area (Å²) in [4.78, 5) is 2.33. The van der Waals surface area contributed by atoms with E-state index >= 15 is 0 Å². The minimum atomic E-state index is 0.751. The molecule has 0 saturated carbocycles. The Morgan fingerprint density at radius 3 is 3.21 bits per heavy atom. The topological polar surface area (TPSA) is 31.9 Å². The van der Waals surface area contributed by atoms with E-state index < -0.39 is 0 Å². The second-order valence-corrected chi connectivity index (χ2v) is 6.12. The van der Waals surface area contributed by atoms with E-state index in [-0.39, 0.29) is 0 Å². The van der Waals surface area contributed by atoms with Crippen LogP contribution in [0.5, 0.6) is 0 Å². The molecule has 0 spiro atoms. The van der Waals surface area contributed by atoms with Crippen LogP contribution < -0.4 is 4.90 Å². The van der Waals surface area contributed by atoms with Crippen molar-refractivity contribution in [2.45, 2.75) is 18.1 Å². The number of nitrogens with zero attached hydrogens (tertiary/aromatic N) is 2. The first-order chi connectivity index (χ1) is 6.79. The van der Waals surface area contributed by atoms with Gasteiger partial charge in [0.2, 0.25) is 5.13 Å². The summed E-state index contributed by atoms with van der Waals surface area (Å²) in [5.74, 6) is 0. The molecule has 0 amide bonds. The van der Waals surface area contributed by atoms with Gasteiger partial charge in [0.25, 0.3) is 0 Å². The molecule has 1 unspecified atom stereocenters. The second-order valence-electron chi connectivity index (χ2n) is 3.34.